The first-order chi connectivity index (χ1) is 3.00. The maximum atomic E-state index is 5.07. The predicted molar refractivity (Wildman–Crippen MR) is 30.4 cm³/mol. The van der Waals surface area contributed by atoms with E-state index in [0.717, 1.165) is 13.2 Å². The van der Waals surface area contributed by atoms with E-state index in [2.05, 4.69) is 0 Å². The molecule has 1 heterocycles. The summed E-state index contributed by atoms with van der Waals surface area (Å²) in [6.07, 6.45) is 3.93. The van der Waals surface area contributed by atoms with E-state index < -0.39 is 0 Å². The molecule has 0 saturated carbocycles. The molecule has 0 aromatic carbocycles. The van der Waals surface area contributed by atoms with Crippen LogP contribution in [0.15, 0.2) is 0 Å². The minimum Gasteiger partial charge on any atom is -1.00 e. The summed E-state index contributed by atoms with van der Waals surface area (Å²) in [6, 6.07) is 0. The third-order valence-corrected chi connectivity index (χ3v) is 1.08. The monoisotopic (exact) mass is 180 g/mol. The molecule has 52 valence electrons. The summed E-state index contributed by atoms with van der Waals surface area (Å²) < 4.78 is 5.07. The van der Waals surface area contributed by atoms with E-state index in [-0.39, 0.29) is 47.9 Å². The van der Waals surface area contributed by atoms with E-state index in [1.54, 1.807) is 0 Å². The van der Waals surface area contributed by atoms with Crippen molar-refractivity contribution in [2.24, 2.45) is 0 Å². The van der Waals surface area contributed by atoms with E-state index in [9.17, 15) is 0 Å². The Hall–Kier alpha value is 1.31. The molecular weight excluding hydrogens is 171 g/mol. The van der Waals surface area contributed by atoms with E-state index in [1.807, 2.05) is 0 Å². The van der Waals surface area contributed by atoms with Gasteiger partial charge in [-0.1, -0.05) is 0 Å². The second-order valence-electron chi connectivity index (χ2n) is 1.67. The van der Waals surface area contributed by atoms with Crippen molar-refractivity contribution in [2.75, 3.05) is 13.2 Å². The van der Waals surface area contributed by atoms with Crippen molar-refractivity contribution in [1.29, 1.82) is 0 Å². The second kappa shape index (κ2) is 12.0. The summed E-state index contributed by atoms with van der Waals surface area (Å²) >= 11 is 0. The molecule has 1 rings (SSSR count). The zero-order valence-corrected chi connectivity index (χ0v) is 8.33. The molecule has 0 amide bonds. The Balaban J connectivity index is -0.000000120. The fourth-order valence-corrected chi connectivity index (χ4v) is 0.687. The molecule has 0 aromatic heterocycles. The molecule has 0 aliphatic carbocycles. The molecule has 0 aromatic rings. The van der Waals surface area contributed by atoms with Gasteiger partial charge in [-0.15, -0.1) is 0 Å². The first-order valence-corrected chi connectivity index (χ1v) is 2.58. The Labute approximate surface area is 84.9 Å². The molecule has 9 heavy (non-hydrogen) atoms. The van der Waals surface area contributed by atoms with Gasteiger partial charge >= 0.3 is 23.1 Å². The van der Waals surface area contributed by atoms with Crippen LogP contribution in [0.4, 0.5) is 0 Å². The predicted octanol–water partition coefficient (Wildman–Crippen LogP) is -5.19. The molecule has 1 saturated heterocycles. The molecule has 0 N–H and O–H groups in total. The van der Waals surface area contributed by atoms with Crippen LogP contribution in [0.3, 0.4) is 0 Å². The Kier molecular flexibility index (Phi) is 22.3. The first kappa shape index (κ1) is 16.7. The molecule has 1 aliphatic rings. The number of hydrogen-bond donors (Lipinski definition) is 0. The maximum absolute atomic E-state index is 5.07. The average Bonchev–Trinajstić information content (AvgIpc) is 1.72. The average molecular weight is 181 g/mol. The summed E-state index contributed by atoms with van der Waals surface area (Å²) in [5.74, 6) is 0. The molecule has 1 fully saturated rings. The van der Waals surface area contributed by atoms with Crippen molar-refractivity contribution in [3.05, 3.63) is 0 Å². The van der Waals surface area contributed by atoms with Crippen LogP contribution in [-0.2, 0) is 4.74 Å². The molecule has 0 spiro atoms. The number of halogens is 2. The second-order valence-corrected chi connectivity index (χ2v) is 1.67. The van der Waals surface area contributed by atoms with Crippen LogP contribution in [0, 0.1) is 0 Å². The van der Waals surface area contributed by atoms with Crippen LogP contribution < -0.4 is 24.8 Å². The number of rotatable bonds is 0. The normalized spacial score (nSPS) is 16.0. The Bertz CT molecular complexity index is 30.4. The van der Waals surface area contributed by atoms with Crippen LogP contribution in [0.2, 0.25) is 0 Å². The summed E-state index contributed by atoms with van der Waals surface area (Å²) in [7, 11) is 0. The van der Waals surface area contributed by atoms with Gasteiger partial charge in [-0.3, -0.25) is 0 Å². The van der Waals surface area contributed by atoms with Gasteiger partial charge in [-0.05, 0) is 19.3 Å². The first-order valence-electron chi connectivity index (χ1n) is 2.58. The van der Waals surface area contributed by atoms with E-state index in [0.29, 0.717) is 0 Å². The van der Waals surface area contributed by atoms with Crippen molar-refractivity contribution in [3.8, 4) is 0 Å². The summed E-state index contributed by atoms with van der Waals surface area (Å²) in [5.41, 5.74) is 0. The summed E-state index contributed by atoms with van der Waals surface area (Å²) in [5, 5.41) is 0. The zero-order valence-electron chi connectivity index (χ0n) is 5.41. The summed E-state index contributed by atoms with van der Waals surface area (Å²) in [6.45, 7) is 2.00. The van der Waals surface area contributed by atoms with Crippen LogP contribution in [0.25, 0.3) is 0 Å². The molecule has 4 heteroatoms. The van der Waals surface area contributed by atoms with E-state index >= 15 is 0 Å². The molecular formula is C5H10Cl2MgO. The molecule has 1 aliphatic heterocycles. The minimum absolute atomic E-state index is 0. The largest absolute Gasteiger partial charge is 2.00 e. The summed E-state index contributed by atoms with van der Waals surface area (Å²) in [4.78, 5) is 0. The van der Waals surface area contributed by atoms with Gasteiger partial charge in [0.1, 0.15) is 0 Å². The van der Waals surface area contributed by atoms with E-state index in [4.69, 9.17) is 4.74 Å². The zero-order chi connectivity index (χ0) is 4.24. The van der Waals surface area contributed by atoms with Crippen molar-refractivity contribution in [1.82, 2.24) is 0 Å². The van der Waals surface area contributed by atoms with Gasteiger partial charge in [-0.25, -0.2) is 0 Å². The molecule has 0 bridgehead atoms. The molecule has 0 atom stereocenters. The van der Waals surface area contributed by atoms with Crippen LogP contribution >= 0.6 is 0 Å². The van der Waals surface area contributed by atoms with Gasteiger partial charge in [0.25, 0.3) is 0 Å². The van der Waals surface area contributed by atoms with Crippen molar-refractivity contribution >= 4 is 23.1 Å². The molecule has 0 radical (unpaired) electrons. The smallest absolute Gasteiger partial charge is 1.00 e. The van der Waals surface area contributed by atoms with Gasteiger partial charge in [0, 0.05) is 13.2 Å². The van der Waals surface area contributed by atoms with Crippen LogP contribution in [-0.4, -0.2) is 36.3 Å². The van der Waals surface area contributed by atoms with Crippen LogP contribution in [0.1, 0.15) is 19.3 Å². The topological polar surface area (TPSA) is 9.23 Å². The minimum atomic E-state index is 0. The van der Waals surface area contributed by atoms with E-state index in [1.165, 1.54) is 19.3 Å². The number of hydrogen-bond acceptors (Lipinski definition) is 1. The Morgan fingerprint density at radius 2 is 1.22 bits per heavy atom. The molecule has 0 unspecified atom stereocenters. The Morgan fingerprint density at radius 3 is 1.33 bits per heavy atom. The van der Waals surface area contributed by atoms with Crippen molar-refractivity contribution in [3.63, 3.8) is 0 Å². The van der Waals surface area contributed by atoms with Gasteiger partial charge < -0.3 is 29.6 Å². The Morgan fingerprint density at radius 1 is 0.778 bits per heavy atom. The van der Waals surface area contributed by atoms with Crippen LogP contribution in [0.5, 0.6) is 0 Å². The standard InChI is InChI=1S/C5H10O.2ClH.Mg/c1-2-4-6-5-3-1;;;/h1-5H2;2*1H;/q;;;+2/p-2. The fourth-order valence-electron chi connectivity index (χ4n) is 0.687. The van der Waals surface area contributed by atoms with Crippen molar-refractivity contribution in [2.45, 2.75) is 19.3 Å². The van der Waals surface area contributed by atoms with Crippen molar-refractivity contribution < 1.29 is 29.6 Å². The maximum Gasteiger partial charge on any atom is 2.00 e. The fraction of sp³-hybridized carbons (Fsp3) is 1.00. The molecule has 1 nitrogen and oxygen atoms in total. The number of ether oxygens (including phenoxy) is 1. The van der Waals surface area contributed by atoms with Gasteiger partial charge in [0.2, 0.25) is 0 Å². The third kappa shape index (κ3) is 9.31. The quantitative estimate of drug-likeness (QED) is 0.340. The van der Waals surface area contributed by atoms with Gasteiger partial charge in [0.05, 0.1) is 0 Å². The third-order valence-electron chi connectivity index (χ3n) is 1.08. The van der Waals surface area contributed by atoms with Gasteiger partial charge in [-0.2, -0.15) is 0 Å². The van der Waals surface area contributed by atoms with Gasteiger partial charge in [0.15, 0.2) is 0 Å². The SMILES string of the molecule is C1CCOCC1.[Cl-].[Cl-].[Mg+2].